The Labute approximate surface area is 106 Å². The quantitative estimate of drug-likeness (QED) is 0.270. The zero-order valence-electron chi connectivity index (χ0n) is 10.3. The lowest BCUT2D eigenvalue weighted by atomic mass is 10.1. The Hall–Kier alpha value is -2.16. The SMILES string of the molecule is CN=C(NC#N)NCCCCc1ncccc1F. The van der Waals surface area contributed by atoms with E-state index in [9.17, 15) is 4.39 Å². The smallest absolute Gasteiger partial charge is 0.204 e. The van der Waals surface area contributed by atoms with E-state index < -0.39 is 0 Å². The van der Waals surface area contributed by atoms with Gasteiger partial charge in [0.25, 0.3) is 0 Å². The lowest BCUT2D eigenvalue weighted by Gasteiger charge is -2.06. The summed E-state index contributed by atoms with van der Waals surface area (Å²) in [5.41, 5.74) is 0.497. The summed E-state index contributed by atoms with van der Waals surface area (Å²) in [7, 11) is 1.59. The van der Waals surface area contributed by atoms with Crippen molar-refractivity contribution in [3.05, 3.63) is 29.8 Å². The van der Waals surface area contributed by atoms with Crippen LogP contribution in [0, 0.1) is 17.3 Å². The van der Waals surface area contributed by atoms with Crippen LogP contribution in [0.3, 0.4) is 0 Å². The van der Waals surface area contributed by atoms with E-state index in [2.05, 4.69) is 20.6 Å². The lowest BCUT2D eigenvalue weighted by Crippen LogP contribution is -2.34. The van der Waals surface area contributed by atoms with Crippen molar-refractivity contribution in [2.75, 3.05) is 13.6 Å². The van der Waals surface area contributed by atoms with Gasteiger partial charge in [-0.15, -0.1) is 0 Å². The van der Waals surface area contributed by atoms with Gasteiger partial charge >= 0.3 is 0 Å². The number of aromatic nitrogens is 1. The molecule has 0 aromatic carbocycles. The van der Waals surface area contributed by atoms with Gasteiger partial charge in [0.1, 0.15) is 5.82 Å². The molecule has 18 heavy (non-hydrogen) atoms. The molecule has 2 N–H and O–H groups in total. The van der Waals surface area contributed by atoms with E-state index in [0.717, 1.165) is 12.8 Å². The van der Waals surface area contributed by atoms with Crippen molar-refractivity contribution in [3.63, 3.8) is 0 Å². The molecule has 0 aliphatic rings. The number of halogens is 1. The number of guanidine groups is 1. The molecule has 1 aromatic heterocycles. The van der Waals surface area contributed by atoms with Crippen molar-refractivity contribution in [1.82, 2.24) is 15.6 Å². The predicted octanol–water partition coefficient (Wildman–Crippen LogP) is 1.19. The van der Waals surface area contributed by atoms with Gasteiger partial charge < -0.3 is 5.32 Å². The number of pyridine rings is 1. The summed E-state index contributed by atoms with van der Waals surface area (Å²) < 4.78 is 13.2. The van der Waals surface area contributed by atoms with E-state index >= 15 is 0 Å². The number of nitrogens with zero attached hydrogens (tertiary/aromatic N) is 3. The van der Waals surface area contributed by atoms with Gasteiger partial charge in [-0.3, -0.25) is 15.3 Å². The Kier molecular flexibility index (Phi) is 6.19. The molecule has 0 bridgehead atoms. The van der Waals surface area contributed by atoms with E-state index in [-0.39, 0.29) is 5.82 Å². The average molecular weight is 249 g/mol. The maximum absolute atomic E-state index is 13.2. The van der Waals surface area contributed by atoms with Crippen LogP contribution in [0.4, 0.5) is 4.39 Å². The number of nitrogens with one attached hydrogen (secondary N) is 2. The van der Waals surface area contributed by atoms with Crippen LogP contribution in [0.5, 0.6) is 0 Å². The third-order valence-corrected chi connectivity index (χ3v) is 2.37. The fourth-order valence-corrected chi connectivity index (χ4v) is 1.46. The summed E-state index contributed by atoms with van der Waals surface area (Å²) in [4.78, 5) is 7.83. The molecule has 1 rings (SSSR count). The Balaban J connectivity index is 2.20. The molecule has 0 saturated carbocycles. The van der Waals surface area contributed by atoms with Gasteiger partial charge in [-0.2, -0.15) is 5.26 Å². The van der Waals surface area contributed by atoms with E-state index in [4.69, 9.17) is 5.26 Å². The van der Waals surface area contributed by atoms with E-state index in [0.29, 0.717) is 24.6 Å². The number of unbranched alkanes of at least 4 members (excludes halogenated alkanes) is 1. The third-order valence-electron chi connectivity index (χ3n) is 2.37. The van der Waals surface area contributed by atoms with Crippen LogP contribution in [0.25, 0.3) is 0 Å². The van der Waals surface area contributed by atoms with Crippen LogP contribution in [-0.4, -0.2) is 24.5 Å². The Bertz CT molecular complexity index is 438. The molecule has 1 heterocycles. The summed E-state index contributed by atoms with van der Waals surface area (Å²) >= 11 is 0. The number of aryl methyl sites for hydroxylation is 1. The first kappa shape index (κ1) is 13.9. The summed E-state index contributed by atoms with van der Waals surface area (Å²) in [5.74, 6) is 0.189. The zero-order valence-corrected chi connectivity index (χ0v) is 10.3. The molecule has 1 aromatic rings. The van der Waals surface area contributed by atoms with Crippen molar-refractivity contribution >= 4 is 5.96 Å². The van der Waals surface area contributed by atoms with Crippen LogP contribution in [0.2, 0.25) is 0 Å². The Morgan fingerprint density at radius 2 is 2.39 bits per heavy atom. The Morgan fingerprint density at radius 3 is 3.06 bits per heavy atom. The number of hydrogen-bond donors (Lipinski definition) is 2. The highest BCUT2D eigenvalue weighted by atomic mass is 19.1. The van der Waals surface area contributed by atoms with Gasteiger partial charge in [-0.1, -0.05) is 0 Å². The molecule has 0 unspecified atom stereocenters. The normalized spacial score (nSPS) is 10.8. The van der Waals surface area contributed by atoms with Gasteiger partial charge in [0.2, 0.25) is 5.96 Å². The second-order valence-electron chi connectivity index (χ2n) is 3.62. The fraction of sp³-hybridized carbons (Fsp3) is 0.417. The van der Waals surface area contributed by atoms with Crippen molar-refractivity contribution in [2.45, 2.75) is 19.3 Å². The molecule has 0 aliphatic heterocycles. The highest BCUT2D eigenvalue weighted by Crippen LogP contribution is 2.06. The van der Waals surface area contributed by atoms with Gasteiger partial charge in [-0.05, 0) is 31.4 Å². The van der Waals surface area contributed by atoms with Crippen molar-refractivity contribution in [3.8, 4) is 6.19 Å². The van der Waals surface area contributed by atoms with E-state index in [1.54, 1.807) is 25.5 Å². The van der Waals surface area contributed by atoms with Crippen LogP contribution in [0.1, 0.15) is 18.5 Å². The average Bonchev–Trinajstić information content (AvgIpc) is 2.39. The monoisotopic (exact) mass is 249 g/mol. The third kappa shape index (κ3) is 4.78. The van der Waals surface area contributed by atoms with Gasteiger partial charge in [-0.25, -0.2) is 4.39 Å². The first-order chi connectivity index (χ1) is 8.77. The summed E-state index contributed by atoms with van der Waals surface area (Å²) in [5, 5.41) is 13.8. The number of hydrogen-bond acceptors (Lipinski definition) is 3. The molecule has 0 aliphatic carbocycles. The summed E-state index contributed by atoms with van der Waals surface area (Å²) in [6.45, 7) is 0.676. The predicted molar refractivity (Wildman–Crippen MR) is 67.2 cm³/mol. The molecule has 0 spiro atoms. The molecule has 0 atom stereocenters. The summed E-state index contributed by atoms with van der Waals surface area (Å²) in [6.07, 6.45) is 5.67. The van der Waals surface area contributed by atoms with Crippen molar-refractivity contribution < 1.29 is 4.39 Å². The standard InChI is InChI=1S/C12H16FN5/c1-15-12(18-9-14)17-7-3-2-6-11-10(13)5-4-8-16-11/h4-5,8H,2-3,6-7H2,1H3,(H2,15,17,18). The van der Waals surface area contributed by atoms with Gasteiger partial charge in [0, 0.05) is 19.8 Å². The minimum atomic E-state index is -0.257. The minimum absolute atomic E-state index is 0.257. The molecular weight excluding hydrogens is 233 g/mol. The second-order valence-corrected chi connectivity index (χ2v) is 3.62. The fourth-order valence-electron chi connectivity index (χ4n) is 1.46. The van der Waals surface area contributed by atoms with Crippen LogP contribution < -0.4 is 10.6 Å². The van der Waals surface area contributed by atoms with Gasteiger partial charge in [0.05, 0.1) is 5.69 Å². The molecule has 5 nitrogen and oxygen atoms in total. The van der Waals surface area contributed by atoms with E-state index in [1.807, 2.05) is 0 Å². The number of nitriles is 1. The van der Waals surface area contributed by atoms with Crippen LogP contribution >= 0.6 is 0 Å². The van der Waals surface area contributed by atoms with Crippen molar-refractivity contribution in [1.29, 1.82) is 5.26 Å². The van der Waals surface area contributed by atoms with Crippen LogP contribution in [-0.2, 0) is 6.42 Å². The Morgan fingerprint density at radius 1 is 1.56 bits per heavy atom. The first-order valence-electron chi connectivity index (χ1n) is 5.73. The topological polar surface area (TPSA) is 73.1 Å². The summed E-state index contributed by atoms with van der Waals surface area (Å²) in [6, 6.07) is 3.00. The maximum atomic E-state index is 13.2. The lowest BCUT2D eigenvalue weighted by molar-refractivity contribution is 0.586. The largest absolute Gasteiger partial charge is 0.356 e. The number of rotatable bonds is 5. The highest BCUT2D eigenvalue weighted by Gasteiger charge is 2.01. The van der Waals surface area contributed by atoms with Crippen LogP contribution in [0.15, 0.2) is 23.3 Å². The maximum Gasteiger partial charge on any atom is 0.204 e. The number of aliphatic imine (C=N–C) groups is 1. The minimum Gasteiger partial charge on any atom is -0.356 e. The molecule has 96 valence electrons. The molecular formula is C12H16FN5. The second kappa shape index (κ2) is 8.01. The molecule has 0 fully saturated rings. The van der Waals surface area contributed by atoms with E-state index in [1.165, 1.54) is 6.07 Å². The molecule has 0 saturated heterocycles. The van der Waals surface area contributed by atoms with Crippen molar-refractivity contribution in [2.24, 2.45) is 4.99 Å². The molecule has 0 radical (unpaired) electrons. The molecule has 0 amide bonds. The highest BCUT2D eigenvalue weighted by molar-refractivity contribution is 5.80. The molecule has 6 heteroatoms. The van der Waals surface area contributed by atoms with Gasteiger partial charge in [0.15, 0.2) is 6.19 Å². The first-order valence-corrected chi connectivity index (χ1v) is 5.73. The zero-order chi connectivity index (χ0) is 13.2.